The predicted molar refractivity (Wildman–Crippen MR) is 182 cm³/mol. The van der Waals surface area contributed by atoms with E-state index in [-0.39, 0.29) is 58.7 Å². The summed E-state index contributed by atoms with van der Waals surface area (Å²) in [7, 11) is 0. The van der Waals surface area contributed by atoms with Crippen molar-refractivity contribution in [2.75, 3.05) is 32.8 Å². The highest BCUT2D eigenvalue weighted by molar-refractivity contribution is 5.83. The Labute approximate surface area is 297 Å². The van der Waals surface area contributed by atoms with Crippen LogP contribution in [0.15, 0.2) is 35.3 Å². The lowest BCUT2D eigenvalue weighted by molar-refractivity contribution is -0.139. The average Bonchev–Trinajstić information content (AvgIpc) is 3.31. The SMILES string of the molecule is C#Cc1cc(F)c([C@@H](CC(=O)O)NC(=O)[C@H](CC(C)C)n2cc(CCN3CCCOCC3)c(C(F)(F)F)cc2=O)c(F)c1-c1c(C)cc(F)cc1C. The van der Waals surface area contributed by atoms with Crippen LogP contribution in [0.2, 0.25) is 0 Å². The van der Waals surface area contributed by atoms with Gasteiger partial charge in [0.05, 0.1) is 24.6 Å². The molecule has 2 heterocycles. The molecule has 2 atom stereocenters. The minimum Gasteiger partial charge on any atom is -0.481 e. The summed E-state index contributed by atoms with van der Waals surface area (Å²) in [5.41, 5.74) is -3.29. The van der Waals surface area contributed by atoms with Crippen LogP contribution in [0.25, 0.3) is 11.1 Å². The minimum atomic E-state index is -4.88. The van der Waals surface area contributed by atoms with Crippen molar-refractivity contribution in [3.05, 3.63) is 91.6 Å². The lowest BCUT2D eigenvalue weighted by Gasteiger charge is -2.27. The lowest BCUT2D eigenvalue weighted by atomic mass is 9.88. The molecule has 1 fully saturated rings. The number of carboxylic acids is 1. The van der Waals surface area contributed by atoms with Crippen molar-refractivity contribution in [1.82, 2.24) is 14.8 Å². The van der Waals surface area contributed by atoms with Gasteiger partial charge in [0, 0.05) is 55.2 Å². The second-order valence-electron chi connectivity index (χ2n) is 13.4. The first-order valence-corrected chi connectivity index (χ1v) is 16.8. The van der Waals surface area contributed by atoms with Gasteiger partial charge in [0.15, 0.2) is 0 Å². The number of carbonyl (C=O) groups excluding carboxylic acids is 1. The average molecular weight is 734 g/mol. The zero-order chi connectivity index (χ0) is 38.5. The molecule has 0 unspecified atom stereocenters. The van der Waals surface area contributed by atoms with E-state index in [4.69, 9.17) is 11.2 Å². The number of hydrogen-bond acceptors (Lipinski definition) is 5. The number of rotatable bonds is 12. The van der Waals surface area contributed by atoms with E-state index in [0.29, 0.717) is 38.8 Å². The number of amides is 1. The molecule has 3 aromatic rings. The maximum atomic E-state index is 16.6. The Kier molecular flexibility index (Phi) is 13.0. The van der Waals surface area contributed by atoms with Crippen LogP contribution < -0.4 is 10.9 Å². The molecule has 280 valence electrons. The Morgan fingerprint density at radius 1 is 1.04 bits per heavy atom. The molecule has 1 aromatic heterocycles. The molecule has 4 rings (SSSR count). The first kappa shape index (κ1) is 40.2. The monoisotopic (exact) mass is 733 g/mol. The van der Waals surface area contributed by atoms with Crippen molar-refractivity contribution in [3.8, 4) is 23.5 Å². The number of nitrogens with zero attached hydrogens (tertiary/aromatic N) is 2. The molecule has 0 spiro atoms. The van der Waals surface area contributed by atoms with Crippen molar-refractivity contribution in [1.29, 1.82) is 0 Å². The highest BCUT2D eigenvalue weighted by atomic mass is 19.4. The molecule has 0 saturated carbocycles. The molecule has 0 aliphatic carbocycles. The number of terminal acetylenes is 1. The van der Waals surface area contributed by atoms with Crippen molar-refractivity contribution >= 4 is 11.9 Å². The van der Waals surface area contributed by atoms with Crippen LogP contribution in [0.3, 0.4) is 0 Å². The van der Waals surface area contributed by atoms with Gasteiger partial charge in [-0.05, 0) is 79.5 Å². The van der Waals surface area contributed by atoms with Gasteiger partial charge in [-0.2, -0.15) is 13.2 Å². The second-order valence-corrected chi connectivity index (χ2v) is 13.4. The number of carbonyl (C=O) groups is 2. The van der Waals surface area contributed by atoms with Gasteiger partial charge in [-0.1, -0.05) is 19.8 Å². The quantitative estimate of drug-likeness (QED) is 0.158. The van der Waals surface area contributed by atoms with Crippen LogP contribution in [0.5, 0.6) is 0 Å². The largest absolute Gasteiger partial charge is 0.481 e. The molecular formula is C38H41F6N3O5. The van der Waals surface area contributed by atoms with E-state index >= 15 is 8.78 Å². The second kappa shape index (κ2) is 16.8. The van der Waals surface area contributed by atoms with E-state index in [9.17, 15) is 37.1 Å². The number of hydrogen-bond donors (Lipinski definition) is 2. The number of ether oxygens (including phenoxy) is 1. The number of aromatic nitrogens is 1. The van der Waals surface area contributed by atoms with Gasteiger partial charge in [0.25, 0.3) is 5.56 Å². The number of nitrogens with one attached hydrogen (secondary N) is 1. The number of alkyl halides is 3. The molecule has 2 N–H and O–H groups in total. The Balaban J connectivity index is 1.81. The summed E-state index contributed by atoms with van der Waals surface area (Å²) in [5.74, 6) is -3.88. The van der Waals surface area contributed by atoms with E-state index in [0.717, 1.165) is 29.0 Å². The summed E-state index contributed by atoms with van der Waals surface area (Å²) in [6.07, 6.45) is 1.17. The van der Waals surface area contributed by atoms with E-state index in [1.165, 1.54) is 13.8 Å². The van der Waals surface area contributed by atoms with E-state index in [1.54, 1.807) is 13.8 Å². The lowest BCUT2D eigenvalue weighted by Crippen LogP contribution is -2.41. The fourth-order valence-corrected chi connectivity index (χ4v) is 6.68. The van der Waals surface area contributed by atoms with Crippen molar-refractivity contribution in [2.24, 2.45) is 5.92 Å². The standard InChI is InChI=1S/C38H41F6N3O5/c1-6-24-17-28(40)35(36(41)34(24)33-22(4)15-26(39)16-23(33)5)29(19-32(49)50)45-37(51)30(14-21(2)3)47-20-25(27(18-31(47)48)38(42,43)44)8-10-46-9-7-12-52-13-11-46/h1,15-18,20-21,29-30H,7-14,19H2,2-5H3,(H,45,51)(H,49,50)/t29-,30+/m1/s1. The molecule has 1 saturated heterocycles. The Morgan fingerprint density at radius 2 is 1.71 bits per heavy atom. The molecule has 2 aromatic carbocycles. The molecule has 0 bridgehead atoms. The van der Waals surface area contributed by atoms with Crippen LogP contribution in [-0.2, 0) is 26.9 Å². The molecule has 1 aliphatic heterocycles. The first-order chi connectivity index (χ1) is 24.4. The van der Waals surface area contributed by atoms with Gasteiger partial charge in [-0.25, -0.2) is 13.2 Å². The zero-order valence-corrected chi connectivity index (χ0v) is 29.3. The normalized spacial score (nSPS) is 15.2. The topological polar surface area (TPSA) is 101 Å². The summed E-state index contributed by atoms with van der Waals surface area (Å²) in [6, 6.07) is 0.127. The smallest absolute Gasteiger partial charge is 0.416 e. The summed E-state index contributed by atoms with van der Waals surface area (Å²) in [5, 5.41) is 12.1. The van der Waals surface area contributed by atoms with Gasteiger partial charge in [-0.15, -0.1) is 6.42 Å². The van der Waals surface area contributed by atoms with Crippen LogP contribution >= 0.6 is 0 Å². The van der Waals surface area contributed by atoms with Crippen LogP contribution in [0.4, 0.5) is 26.3 Å². The Morgan fingerprint density at radius 3 is 2.31 bits per heavy atom. The number of pyridine rings is 1. The summed E-state index contributed by atoms with van der Waals surface area (Å²) < 4.78 is 95.3. The predicted octanol–water partition coefficient (Wildman–Crippen LogP) is 6.73. The molecule has 0 radical (unpaired) electrons. The molecular weight excluding hydrogens is 692 g/mol. The maximum Gasteiger partial charge on any atom is 0.416 e. The number of aryl methyl sites for hydroxylation is 2. The maximum absolute atomic E-state index is 16.6. The minimum absolute atomic E-state index is 0.0972. The van der Waals surface area contributed by atoms with Gasteiger partial charge in [0.1, 0.15) is 23.5 Å². The third-order valence-electron chi connectivity index (χ3n) is 9.01. The van der Waals surface area contributed by atoms with Crippen molar-refractivity contribution in [2.45, 2.75) is 71.6 Å². The highest BCUT2D eigenvalue weighted by Crippen LogP contribution is 2.38. The molecule has 8 nitrogen and oxygen atoms in total. The van der Waals surface area contributed by atoms with Crippen LogP contribution in [0.1, 0.15) is 78.6 Å². The van der Waals surface area contributed by atoms with Crippen LogP contribution in [0, 0.1) is 49.6 Å². The number of halogens is 6. The van der Waals surface area contributed by atoms with Crippen molar-refractivity contribution in [3.63, 3.8) is 0 Å². The fraction of sp³-hybridized carbons (Fsp3) is 0.447. The summed E-state index contributed by atoms with van der Waals surface area (Å²) in [6.45, 7) is 8.63. The fourth-order valence-electron chi connectivity index (χ4n) is 6.68. The number of carboxylic acid groups (broad SMARTS) is 1. The van der Waals surface area contributed by atoms with Gasteiger partial charge in [-0.3, -0.25) is 14.4 Å². The van der Waals surface area contributed by atoms with Gasteiger partial charge < -0.3 is 24.6 Å². The summed E-state index contributed by atoms with van der Waals surface area (Å²) >= 11 is 0. The van der Waals surface area contributed by atoms with Crippen LogP contribution in [-0.4, -0.2) is 59.3 Å². The third-order valence-corrected chi connectivity index (χ3v) is 9.01. The third kappa shape index (κ3) is 9.43. The highest BCUT2D eigenvalue weighted by Gasteiger charge is 2.37. The van der Waals surface area contributed by atoms with Crippen molar-refractivity contribution < 1.29 is 45.8 Å². The van der Waals surface area contributed by atoms with Gasteiger partial charge in [0.2, 0.25) is 5.91 Å². The Hall–Kier alpha value is -4.61. The summed E-state index contributed by atoms with van der Waals surface area (Å²) in [4.78, 5) is 41.3. The Bertz CT molecular complexity index is 1890. The van der Waals surface area contributed by atoms with E-state index in [2.05, 4.69) is 11.2 Å². The molecule has 1 aliphatic rings. The number of benzene rings is 2. The molecule has 1 amide bonds. The zero-order valence-electron chi connectivity index (χ0n) is 29.3. The number of aliphatic carboxylic acids is 1. The molecule has 52 heavy (non-hydrogen) atoms. The van der Waals surface area contributed by atoms with E-state index < -0.39 is 70.7 Å². The first-order valence-electron chi connectivity index (χ1n) is 16.8. The van der Waals surface area contributed by atoms with E-state index in [1.807, 2.05) is 4.90 Å². The van der Waals surface area contributed by atoms with Gasteiger partial charge >= 0.3 is 12.1 Å². The molecule has 14 heteroatoms.